The topological polar surface area (TPSA) is 48.7 Å². The standard InChI is InChI=1S/C18H11Cl2N3S/c19-14-6-4-12(5-7-14)17-11-24-18(23-17)13(9-21)10-22-16-3-1-2-15(20)8-16/h1-8,10-11,22H. The van der Waals surface area contributed by atoms with E-state index in [0.29, 0.717) is 20.6 Å². The summed E-state index contributed by atoms with van der Waals surface area (Å²) < 4.78 is 0. The minimum atomic E-state index is 0.459. The van der Waals surface area contributed by atoms with Crippen LogP contribution >= 0.6 is 34.5 Å². The molecule has 0 bridgehead atoms. The molecule has 1 heterocycles. The molecule has 3 aromatic rings. The van der Waals surface area contributed by atoms with Gasteiger partial charge < -0.3 is 5.32 Å². The SMILES string of the molecule is N#CC(=CNc1cccc(Cl)c1)c1nc(-c2ccc(Cl)cc2)cs1. The Bertz CT molecular complexity index is 924. The summed E-state index contributed by atoms with van der Waals surface area (Å²) in [5.74, 6) is 0. The van der Waals surface area contributed by atoms with Crippen LogP contribution in [0.15, 0.2) is 60.1 Å². The molecule has 2 aromatic carbocycles. The van der Waals surface area contributed by atoms with Crippen LogP contribution in [-0.4, -0.2) is 4.98 Å². The molecular formula is C18H11Cl2N3S. The highest BCUT2D eigenvalue weighted by atomic mass is 35.5. The van der Waals surface area contributed by atoms with Crippen molar-refractivity contribution in [1.82, 2.24) is 4.98 Å². The molecule has 0 radical (unpaired) electrons. The fourth-order valence-electron chi connectivity index (χ4n) is 2.03. The maximum atomic E-state index is 9.39. The Morgan fingerprint density at radius 3 is 2.62 bits per heavy atom. The van der Waals surface area contributed by atoms with Crippen molar-refractivity contribution >= 4 is 45.8 Å². The van der Waals surface area contributed by atoms with Crippen LogP contribution in [-0.2, 0) is 0 Å². The number of rotatable bonds is 4. The molecule has 0 unspecified atom stereocenters. The van der Waals surface area contributed by atoms with E-state index in [2.05, 4.69) is 16.4 Å². The molecule has 0 aliphatic carbocycles. The van der Waals surface area contributed by atoms with Gasteiger partial charge >= 0.3 is 0 Å². The molecule has 0 saturated heterocycles. The van der Waals surface area contributed by atoms with Crippen molar-refractivity contribution in [3.8, 4) is 17.3 Å². The van der Waals surface area contributed by atoms with Crippen LogP contribution in [0.3, 0.4) is 0 Å². The molecule has 1 N–H and O–H groups in total. The second-order valence-corrected chi connectivity index (χ2v) is 6.60. The van der Waals surface area contributed by atoms with Crippen molar-refractivity contribution < 1.29 is 0 Å². The van der Waals surface area contributed by atoms with Crippen LogP contribution in [0.4, 0.5) is 5.69 Å². The largest absolute Gasteiger partial charge is 0.360 e. The lowest BCUT2D eigenvalue weighted by Gasteiger charge is -2.01. The number of halogens is 2. The first-order valence-corrected chi connectivity index (χ1v) is 8.63. The monoisotopic (exact) mass is 371 g/mol. The van der Waals surface area contributed by atoms with Gasteiger partial charge in [0.05, 0.1) is 5.69 Å². The summed E-state index contributed by atoms with van der Waals surface area (Å²) in [6.45, 7) is 0. The van der Waals surface area contributed by atoms with Crippen molar-refractivity contribution in [1.29, 1.82) is 5.26 Å². The number of benzene rings is 2. The van der Waals surface area contributed by atoms with Gasteiger partial charge in [0.15, 0.2) is 0 Å². The van der Waals surface area contributed by atoms with Gasteiger partial charge in [0.1, 0.15) is 16.6 Å². The van der Waals surface area contributed by atoms with Crippen molar-refractivity contribution in [2.75, 3.05) is 5.32 Å². The van der Waals surface area contributed by atoms with Crippen molar-refractivity contribution in [2.24, 2.45) is 0 Å². The van der Waals surface area contributed by atoms with Crippen LogP contribution in [0.2, 0.25) is 10.0 Å². The van der Waals surface area contributed by atoms with Crippen LogP contribution in [0.25, 0.3) is 16.8 Å². The second kappa shape index (κ2) is 7.50. The average molecular weight is 372 g/mol. The molecule has 1 aromatic heterocycles. The summed E-state index contributed by atoms with van der Waals surface area (Å²) in [6.07, 6.45) is 1.64. The minimum absolute atomic E-state index is 0.459. The number of aromatic nitrogens is 1. The number of allylic oxidation sites excluding steroid dienone is 1. The van der Waals surface area contributed by atoms with Gasteiger partial charge in [-0.1, -0.05) is 41.4 Å². The van der Waals surface area contributed by atoms with Crippen LogP contribution < -0.4 is 5.32 Å². The van der Waals surface area contributed by atoms with E-state index in [1.165, 1.54) is 11.3 Å². The molecule has 3 rings (SSSR count). The first-order chi connectivity index (χ1) is 11.7. The zero-order chi connectivity index (χ0) is 16.9. The van der Waals surface area contributed by atoms with E-state index in [1.54, 1.807) is 18.3 Å². The molecule has 24 heavy (non-hydrogen) atoms. The van der Waals surface area contributed by atoms with E-state index in [9.17, 15) is 5.26 Å². The minimum Gasteiger partial charge on any atom is -0.360 e. The van der Waals surface area contributed by atoms with Crippen molar-refractivity contribution in [2.45, 2.75) is 0 Å². The van der Waals surface area contributed by atoms with Crippen molar-refractivity contribution in [3.63, 3.8) is 0 Å². The lowest BCUT2D eigenvalue weighted by atomic mass is 10.2. The van der Waals surface area contributed by atoms with E-state index in [0.717, 1.165) is 16.9 Å². The molecule has 0 aliphatic heterocycles. The zero-order valence-electron chi connectivity index (χ0n) is 12.3. The van der Waals surface area contributed by atoms with Crippen LogP contribution in [0, 0.1) is 11.3 Å². The number of nitriles is 1. The first-order valence-electron chi connectivity index (χ1n) is 7.00. The van der Waals surface area contributed by atoms with Gasteiger partial charge in [0, 0.05) is 32.9 Å². The molecule has 6 heteroatoms. The highest BCUT2D eigenvalue weighted by Crippen LogP contribution is 2.27. The molecule has 0 aliphatic rings. The molecule has 0 fully saturated rings. The van der Waals surface area contributed by atoms with E-state index in [-0.39, 0.29) is 0 Å². The van der Waals surface area contributed by atoms with E-state index in [1.807, 2.05) is 41.8 Å². The Balaban J connectivity index is 1.82. The van der Waals surface area contributed by atoms with Crippen LogP contribution in [0.1, 0.15) is 5.01 Å². The van der Waals surface area contributed by atoms with Crippen molar-refractivity contribution in [3.05, 3.63) is 75.2 Å². The predicted molar refractivity (Wildman–Crippen MR) is 101 cm³/mol. The fourth-order valence-corrected chi connectivity index (χ4v) is 3.14. The van der Waals surface area contributed by atoms with E-state index >= 15 is 0 Å². The van der Waals surface area contributed by atoms with E-state index in [4.69, 9.17) is 23.2 Å². The number of nitrogens with zero attached hydrogens (tertiary/aromatic N) is 2. The first kappa shape index (κ1) is 16.5. The third-order valence-electron chi connectivity index (χ3n) is 3.20. The van der Waals surface area contributed by atoms with Gasteiger partial charge in [-0.25, -0.2) is 4.98 Å². The third-order valence-corrected chi connectivity index (χ3v) is 4.57. The molecule has 0 atom stereocenters. The molecule has 3 nitrogen and oxygen atoms in total. The lowest BCUT2D eigenvalue weighted by Crippen LogP contribution is -1.91. The lowest BCUT2D eigenvalue weighted by molar-refractivity contribution is 1.36. The maximum absolute atomic E-state index is 9.39. The number of hydrogen-bond acceptors (Lipinski definition) is 4. The van der Waals surface area contributed by atoms with E-state index < -0.39 is 0 Å². The molecule has 0 spiro atoms. The Kier molecular flexibility index (Phi) is 5.17. The highest BCUT2D eigenvalue weighted by molar-refractivity contribution is 7.11. The molecule has 0 amide bonds. The maximum Gasteiger partial charge on any atom is 0.136 e. The van der Waals surface area contributed by atoms with Gasteiger partial charge in [0.25, 0.3) is 0 Å². The quantitative estimate of drug-likeness (QED) is 0.564. The normalized spacial score (nSPS) is 11.1. The van der Waals surface area contributed by atoms with Gasteiger partial charge in [-0.05, 0) is 30.3 Å². The smallest absolute Gasteiger partial charge is 0.136 e. The second-order valence-electron chi connectivity index (χ2n) is 4.87. The summed E-state index contributed by atoms with van der Waals surface area (Å²) in [4.78, 5) is 4.53. The zero-order valence-corrected chi connectivity index (χ0v) is 14.7. The number of nitrogens with one attached hydrogen (secondary N) is 1. The predicted octanol–water partition coefficient (Wildman–Crippen LogP) is 6.09. The Morgan fingerprint density at radius 1 is 1.12 bits per heavy atom. The summed E-state index contributed by atoms with van der Waals surface area (Å²) in [7, 11) is 0. The summed E-state index contributed by atoms with van der Waals surface area (Å²) in [5, 5.41) is 16.3. The number of hydrogen-bond donors (Lipinski definition) is 1. The van der Waals surface area contributed by atoms with Crippen LogP contribution in [0.5, 0.6) is 0 Å². The fraction of sp³-hybridized carbons (Fsp3) is 0. The van der Waals surface area contributed by atoms with Gasteiger partial charge in [-0.15, -0.1) is 11.3 Å². The Morgan fingerprint density at radius 2 is 1.92 bits per heavy atom. The van der Waals surface area contributed by atoms with Gasteiger partial charge in [-0.2, -0.15) is 5.26 Å². The summed E-state index contributed by atoms with van der Waals surface area (Å²) in [6, 6.07) is 16.9. The van der Waals surface area contributed by atoms with Gasteiger partial charge in [0.2, 0.25) is 0 Å². The highest BCUT2D eigenvalue weighted by Gasteiger charge is 2.09. The molecule has 0 saturated carbocycles. The molecule has 118 valence electrons. The average Bonchev–Trinajstić information content (AvgIpc) is 3.06. The summed E-state index contributed by atoms with van der Waals surface area (Å²) in [5.41, 5.74) is 3.04. The number of thiazole rings is 1. The third kappa shape index (κ3) is 3.95. The Labute approximate surface area is 153 Å². The summed E-state index contributed by atoms with van der Waals surface area (Å²) >= 11 is 13.3. The number of anilines is 1. The Hall–Kier alpha value is -2.32. The van der Waals surface area contributed by atoms with Gasteiger partial charge in [-0.3, -0.25) is 0 Å². The molecular weight excluding hydrogens is 361 g/mol.